The minimum atomic E-state index is -0.492. The van der Waals surface area contributed by atoms with Gasteiger partial charge in [-0.3, -0.25) is 4.90 Å². The molecule has 24 heavy (non-hydrogen) atoms. The first-order valence-electron chi connectivity index (χ1n) is 8.01. The van der Waals surface area contributed by atoms with Crippen LogP contribution in [0.15, 0.2) is 6.20 Å². The standard InChI is InChI=1S/C16H24Cl2N4O2/c1-16(2,3)24-15(23)21(4)12-6-5-7-22(10-12)9-11-8-19-14(18)20-13(11)17/h8,12H,5-7,9-10H2,1-4H3/t12-/m0/s1. The van der Waals surface area contributed by atoms with E-state index in [0.717, 1.165) is 31.5 Å². The van der Waals surface area contributed by atoms with Crippen molar-refractivity contribution in [1.82, 2.24) is 19.8 Å². The molecule has 0 saturated carbocycles. The van der Waals surface area contributed by atoms with Gasteiger partial charge in [0, 0.05) is 37.9 Å². The van der Waals surface area contributed by atoms with Crippen molar-refractivity contribution in [1.29, 1.82) is 0 Å². The molecular formula is C16H24Cl2N4O2. The fourth-order valence-corrected chi connectivity index (χ4v) is 3.05. The van der Waals surface area contributed by atoms with E-state index in [-0.39, 0.29) is 17.4 Å². The van der Waals surface area contributed by atoms with E-state index < -0.39 is 5.60 Å². The molecule has 0 bridgehead atoms. The van der Waals surface area contributed by atoms with Crippen LogP contribution in [0, 0.1) is 0 Å². The lowest BCUT2D eigenvalue weighted by molar-refractivity contribution is 0.0130. The average molecular weight is 375 g/mol. The Hall–Kier alpha value is -1.11. The van der Waals surface area contributed by atoms with Gasteiger partial charge in [-0.25, -0.2) is 14.8 Å². The van der Waals surface area contributed by atoms with Crippen LogP contribution in [0.2, 0.25) is 10.4 Å². The monoisotopic (exact) mass is 374 g/mol. The van der Waals surface area contributed by atoms with E-state index in [1.807, 2.05) is 20.8 Å². The summed E-state index contributed by atoms with van der Waals surface area (Å²) >= 11 is 11.9. The summed E-state index contributed by atoms with van der Waals surface area (Å²) in [5.74, 6) is 0. The van der Waals surface area contributed by atoms with Crippen LogP contribution in [-0.2, 0) is 11.3 Å². The van der Waals surface area contributed by atoms with Gasteiger partial charge in [0.05, 0.1) is 0 Å². The molecule has 1 aliphatic heterocycles. The van der Waals surface area contributed by atoms with Crippen molar-refractivity contribution in [3.63, 3.8) is 0 Å². The van der Waals surface area contributed by atoms with Crippen molar-refractivity contribution in [2.75, 3.05) is 20.1 Å². The highest BCUT2D eigenvalue weighted by Gasteiger charge is 2.29. The highest BCUT2D eigenvalue weighted by atomic mass is 35.5. The minimum Gasteiger partial charge on any atom is -0.444 e. The topological polar surface area (TPSA) is 58.6 Å². The number of ether oxygens (including phenoxy) is 1. The fraction of sp³-hybridized carbons (Fsp3) is 0.688. The number of rotatable bonds is 3. The third-order valence-corrected chi connectivity index (χ3v) is 4.40. The molecule has 1 saturated heterocycles. The van der Waals surface area contributed by atoms with E-state index in [4.69, 9.17) is 27.9 Å². The van der Waals surface area contributed by atoms with E-state index in [1.54, 1.807) is 18.1 Å². The van der Waals surface area contributed by atoms with Gasteiger partial charge in [-0.15, -0.1) is 0 Å². The molecule has 0 radical (unpaired) electrons. The van der Waals surface area contributed by atoms with Crippen molar-refractivity contribution in [2.24, 2.45) is 0 Å². The molecule has 0 N–H and O–H groups in total. The van der Waals surface area contributed by atoms with Crippen LogP contribution in [0.25, 0.3) is 0 Å². The van der Waals surface area contributed by atoms with Gasteiger partial charge in [-0.2, -0.15) is 0 Å². The normalized spacial score (nSPS) is 19.2. The van der Waals surface area contributed by atoms with Crippen molar-refractivity contribution in [3.8, 4) is 0 Å². The number of carbonyl (C=O) groups is 1. The molecule has 1 aliphatic rings. The van der Waals surface area contributed by atoms with Gasteiger partial charge in [-0.05, 0) is 51.8 Å². The number of aromatic nitrogens is 2. The van der Waals surface area contributed by atoms with Gasteiger partial charge >= 0.3 is 6.09 Å². The Labute approximate surface area is 153 Å². The van der Waals surface area contributed by atoms with E-state index in [2.05, 4.69) is 14.9 Å². The smallest absolute Gasteiger partial charge is 0.410 e. The van der Waals surface area contributed by atoms with Crippen LogP contribution in [0.1, 0.15) is 39.2 Å². The number of nitrogens with zero attached hydrogens (tertiary/aromatic N) is 4. The molecule has 8 heteroatoms. The van der Waals surface area contributed by atoms with Crippen LogP contribution in [0.4, 0.5) is 4.79 Å². The maximum atomic E-state index is 12.2. The molecule has 6 nitrogen and oxygen atoms in total. The first kappa shape index (κ1) is 19.2. The second-order valence-electron chi connectivity index (χ2n) is 7.08. The summed E-state index contributed by atoms with van der Waals surface area (Å²) in [6.07, 6.45) is 3.32. The van der Waals surface area contributed by atoms with Gasteiger partial charge in [0.1, 0.15) is 10.8 Å². The lowest BCUT2D eigenvalue weighted by atomic mass is 10.0. The molecule has 1 fully saturated rings. The van der Waals surface area contributed by atoms with E-state index >= 15 is 0 Å². The Kier molecular flexibility index (Phi) is 6.28. The summed E-state index contributed by atoms with van der Waals surface area (Å²) in [5.41, 5.74) is 0.343. The zero-order chi connectivity index (χ0) is 17.9. The number of likely N-dealkylation sites (tertiary alicyclic amines) is 1. The third-order valence-electron chi connectivity index (χ3n) is 3.89. The number of halogens is 2. The molecule has 0 unspecified atom stereocenters. The van der Waals surface area contributed by atoms with E-state index in [9.17, 15) is 4.79 Å². The zero-order valence-electron chi connectivity index (χ0n) is 14.6. The fourth-order valence-electron chi connectivity index (χ4n) is 2.69. The van der Waals surface area contributed by atoms with Gasteiger partial charge in [0.25, 0.3) is 0 Å². The van der Waals surface area contributed by atoms with E-state index in [0.29, 0.717) is 11.7 Å². The summed E-state index contributed by atoms with van der Waals surface area (Å²) in [5, 5.41) is 0.516. The number of hydrogen-bond donors (Lipinski definition) is 0. The molecule has 134 valence electrons. The Morgan fingerprint density at radius 1 is 1.46 bits per heavy atom. The molecule has 2 heterocycles. The second-order valence-corrected chi connectivity index (χ2v) is 7.77. The number of carbonyl (C=O) groups excluding carboxylic acids is 1. The largest absolute Gasteiger partial charge is 0.444 e. The predicted molar refractivity (Wildman–Crippen MR) is 94.3 cm³/mol. The van der Waals surface area contributed by atoms with Crippen LogP contribution in [0.3, 0.4) is 0 Å². The Morgan fingerprint density at radius 3 is 2.79 bits per heavy atom. The Bertz CT molecular complexity index is 592. The summed E-state index contributed by atoms with van der Waals surface area (Å²) in [6, 6.07) is 0.112. The Morgan fingerprint density at radius 2 is 2.17 bits per heavy atom. The molecular weight excluding hydrogens is 351 g/mol. The molecule has 1 amide bonds. The zero-order valence-corrected chi connectivity index (χ0v) is 16.1. The number of hydrogen-bond acceptors (Lipinski definition) is 5. The van der Waals surface area contributed by atoms with Gasteiger partial charge in [-0.1, -0.05) is 11.6 Å². The molecule has 0 spiro atoms. The van der Waals surface area contributed by atoms with Crippen LogP contribution >= 0.6 is 23.2 Å². The average Bonchev–Trinajstić information content (AvgIpc) is 2.48. The quantitative estimate of drug-likeness (QED) is 0.597. The second kappa shape index (κ2) is 7.85. The lowest BCUT2D eigenvalue weighted by Crippen LogP contribution is -2.49. The minimum absolute atomic E-state index is 0.112. The van der Waals surface area contributed by atoms with Gasteiger partial charge in [0.2, 0.25) is 5.28 Å². The summed E-state index contributed by atoms with van der Waals surface area (Å²) in [4.78, 5) is 24.1. The SMILES string of the molecule is CN(C(=O)OC(C)(C)C)[C@H]1CCCN(Cc2cnc(Cl)nc2Cl)C1. The molecule has 1 aromatic heterocycles. The molecule has 0 aromatic carbocycles. The van der Waals surface area contributed by atoms with Gasteiger partial charge in [0.15, 0.2) is 0 Å². The third kappa shape index (κ3) is 5.46. The maximum absolute atomic E-state index is 12.2. The van der Waals surface area contributed by atoms with Crippen molar-refractivity contribution >= 4 is 29.3 Å². The Balaban J connectivity index is 1.97. The first-order chi connectivity index (χ1) is 11.2. The maximum Gasteiger partial charge on any atom is 0.410 e. The van der Waals surface area contributed by atoms with Crippen molar-refractivity contribution in [2.45, 2.75) is 51.8 Å². The summed E-state index contributed by atoms with van der Waals surface area (Å²) in [6.45, 7) is 7.94. The van der Waals surface area contributed by atoms with Crippen LogP contribution < -0.4 is 0 Å². The van der Waals surface area contributed by atoms with Crippen LogP contribution in [-0.4, -0.2) is 57.6 Å². The van der Waals surface area contributed by atoms with Crippen molar-refractivity contribution < 1.29 is 9.53 Å². The van der Waals surface area contributed by atoms with Gasteiger partial charge < -0.3 is 9.64 Å². The lowest BCUT2D eigenvalue weighted by Gasteiger charge is -2.38. The summed E-state index contributed by atoms with van der Waals surface area (Å²) < 4.78 is 5.45. The van der Waals surface area contributed by atoms with Crippen LogP contribution in [0.5, 0.6) is 0 Å². The number of amides is 1. The molecule has 1 atom stereocenters. The first-order valence-corrected chi connectivity index (χ1v) is 8.76. The van der Waals surface area contributed by atoms with Crippen molar-refractivity contribution in [3.05, 3.63) is 22.2 Å². The highest BCUT2D eigenvalue weighted by Crippen LogP contribution is 2.22. The number of piperidine rings is 1. The predicted octanol–water partition coefficient (Wildman–Crippen LogP) is 3.61. The summed E-state index contributed by atoms with van der Waals surface area (Å²) in [7, 11) is 1.79. The molecule has 2 rings (SSSR count). The van der Waals surface area contributed by atoms with E-state index in [1.165, 1.54) is 0 Å². The molecule has 0 aliphatic carbocycles. The number of likely N-dealkylation sites (N-methyl/N-ethyl adjacent to an activating group) is 1. The highest BCUT2D eigenvalue weighted by molar-refractivity contribution is 6.32. The molecule has 1 aromatic rings.